The van der Waals surface area contributed by atoms with Gasteiger partial charge in [-0.25, -0.2) is 4.79 Å². The highest BCUT2D eigenvalue weighted by Crippen LogP contribution is 2.16. The van der Waals surface area contributed by atoms with Gasteiger partial charge in [-0.3, -0.25) is 0 Å². The first-order valence-electron chi connectivity index (χ1n) is 9.79. The van der Waals surface area contributed by atoms with Crippen LogP contribution in [0.4, 0.5) is 10.5 Å². The van der Waals surface area contributed by atoms with Gasteiger partial charge in [-0.15, -0.1) is 0 Å². The molecule has 2 atom stereocenters. The van der Waals surface area contributed by atoms with E-state index in [-0.39, 0.29) is 0 Å². The fourth-order valence-corrected chi connectivity index (χ4v) is 3.27. The van der Waals surface area contributed by atoms with Gasteiger partial charge >= 0.3 is 6.09 Å². The van der Waals surface area contributed by atoms with Crippen LogP contribution >= 0.6 is 0 Å². The largest absolute Gasteiger partial charge is 0.465 e. The summed E-state index contributed by atoms with van der Waals surface area (Å²) in [5, 5.41) is 25.3. The van der Waals surface area contributed by atoms with Gasteiger partial charge in [0.05, 0.1) is 12.1 Å². The van der Waals surface area contributed by atoms with Crippen molar-refractivity contribution in [3.05, 3.63) is 65.7 Å². The van der Waals surface area contributed by atoms with E-state index in [2.05, 4.69) is 41.5 Å². The van der Waals surface area contributed by atoms with E-state index in [1.54, 1.807) is 0 Å². The third-order valence-electron chi connectivity index (χ3n) is 4.79. The standard InChI is InChI=1S/C22H31N3O3/c1-3-25(4-2)19-12-8-11-18(13-19)15-23-16-21(26)20(24-22(27)28)14-17-9-6-5-7-10-17/h5-13,20-21,23-24,26H,3-4,14-16H2,1-2H3,(H,27,28)/t20?,21-/m1/s1. The van der Waals surface area contributed by atoms with Gasteiger partial charge in [0.2, 0.25) is 0 Å². The van der Waals surface area contributed by atoms with Gasteiger partial charge in [0.25, 0.3) is 0 Å². The molecule has 4 N–H and O–H groups in total. The predicted octanol–water partition coefficient (Wildman–Crippen LogP) is 2.86. The maximum absolute atomic E-state index is 11.1. The lowest BCUT2D eigenvalue weighted by Gasteiger charge is -2.24. The molecule has 28 heavy (non-hydrogen) atoms. The zero-order valence-corrected chi connectivity index (χ0v) is 16.6. The molecular weight excluding hydrogens is 354 g/mol. The number of nitrogens with zero attached hydrogens (tertiary/aromatic N) is 1. The third kappa shape index (κ3) is 6.87. The molecule has 0 aliphatic rings. The maximum Gasteiger partial charge on any atom is 0.404 e. The van der Waals surface area contributed by atoms with Crippen molar-refractivity contribution >= 4 is 11.8 Å². The van der Waals surface area contributed by atoms with Crippen molar-refractivity contribution in [1.29, 1.82) is 0 Å². The summed E-state index contributed by atoms with van der Waals surface area (Å²) in [4.78, 5) is 13.4. The van der Waals surface area contributed by atoms with Crippen molar-refractivity contribution in [2.24, 2.45) is 0 Å². The van der Waals surface area contributed by atoms with Crippen LogP contribution in [0.5, 0.6) is 0 Å². The number of aliphatic hydroxyl groups is 1. The zero-order valence-electron chi connectivity index (χ0n) is 16.6. The summed E-state index contributed by atoms with van der Waals surface area (Å²) in [6, 6.07) is 17.3. The monoisotopic (exact) mass is 385 g/mol. The predicted molar refractivity (Wildman–Crippen MR) is 113 cm³/mol. The topological polar surface area (TPSA) is 84.8 Å². The van der Waals surface area contributed by atoms with Crippen LogP contribution < -0.4 is 15.5 Å². The summed E-state index contributed by atoms with van der Waals surface area (Å²) >= 11 is 0. The Morgan fingerprint density at radius 1 is 1.04 bits per heavy atom. The van der Waals surface area contributed by atoms with Crippen LogP contribution in [0.1, 0.15) is 25.0 Å². The Bertz CT molecular complexity index is 720. The molecule has 2 rings (SSSR count). The van der Waals surface area contributed by atoms with E-state index in [0.717, 1.165) is 24.2 Å². The summed E-state index contributed by atoms with van der Waals surface area (Å²) in [6.07, 6.45) is -1.53. The van der Waals surface area contributed by atoms with Crippen LogP contribution in [0.2, 0.25) is 0 Å². The number of hydrogen-bond acceptors (Lipinski definition) is 4. The van der Waals surface area contributed by atoms with Crippen molar-refractivity contribution in [2.75, 3.05) is 24.5 Å². The molecule has 2 aromatic rings. The molecule has 152 valence electrons. The molecule has 2 aromatic carbocycles. The van der Waals surface area contributed by atoms with Gasteiger partial charge in [0.15, 0.2) is 0 Å². The van der Waals surface area contributed by atoms with Crippen LogP contribution in [0.15, 0.2) is 54.6 Å². The lowest BCUT2D eigenvalue weighted by molar-refractivity contribution is 0.117. The molecule has 1 unspecified atom stereocenters. The molecule has 0 aliphatic carbocycles. The Morgan fingerprint density at radius 2 is 1.71 bits per heavy atom. The summed E-state index contributed by atoms with van der Waals surface area (Å²) in [5.41, 5.74) is 3.29. The fraction of sp³-hybridized carbons (Fsp3) is 0.409. The average molecular weight is 386 g/mol. The Kier molecular flexibility index (Phi) is 8.78. The van der Waals surface area contributed by atoms with Crippen LogP contribution in [-0.4, -0.2) is 48.1 Å². The van der Waals surface area contributed by atoms with Crippen molar-refractivity contribution < 1.29 is 15.0 Å². The molecule has 0 radical (unpaired) electrons. The highest BCUT2D eigenvalue weighted by Gasteiger charge is 2.21. The normalized spacial score (nSPS) is 13.0. The van der Waals surface area contributed by atoms with Gasteiger partial charge in [-0.1, -0.05) is 42.5 Å². The molecular formula is C22H31N3O3. The van der Waals surface area contributed by atoms with E-state index >= 15 is 0 Å². The van der Waals surface area contributed by atoms with Gasteiger partial charge in [0.1, 0.15) is 0 Å². The van der Waals surface area contributed by atoms with E-state index in [4.69, 9.17) is 5.11 Å². The number of carboxylic acid groups (broad SMARTS) is 1. The second-order valence-electron chi connectivity index (χ2n) is 6.79. The van der Waals surface area contributed by atoms with Gasteiger partial charge in [-0.2, -0.15) is 0 Å². The van der Waals surface area contributed by atoms with Crippen molar-refractivity contribution in [1.82, 2.24) is 10.6 Å². The smallest absolute Gasteiger partial charge is 0.404 e. The Balaban J connectivity index is 1.92. The minimum absolute atomic E-state index is 0.299. The number of anilines is 1. The molecule has 0 bridgehead atoms. The van der Waals surface area contributed by atoms with Crippen molar-refractivity contribution in [3.63, 3.8) is 0 Å². The third-order valence-corrected chi connectivity index (χ3v) is 4.79. The van der Waals surface area contributed by atoms with E-state index in [0.29, 0.717) is 19.5 Å². The maximum atomic E-state index is 11.1. The number of amides is 1. The molecule has 0 aromatic heterocycles. The molecule has 0 heterocycles. The van der Waals surface area contributed by atoms with Crippen LogP contribution in [0.3, 0.4) is 0 Å². The SMILES string of the molecule is CCN(CC)c1cccc(CNC[C@@H](O)C(Cc2ccccc2)NC(=O)O)c1. The molecule has 0 saturated carbocycles. The van der Waals surface area contributed by atoms with Crippen LogP contribution in [0.25, 0.3) is 0 Å². The molecule has 1 amide bonds. The Morgan fingerprint density at radius 3 is 2.36 bits per heavy atom. The summed E-state index contributed by atoms with van der Waals surface area (Å²) in [6.45, 7) is 7.08. The Hall–Kier alpha value is -2.57. The second kappa shape index (κ2) is 11.3. The number of hydrogen-bond donors (Lipinski definition) is 4. The number of aliphatic hydroxyl groups excluding tert-OH is 1. The van der Waals surface area contributed by atoms with E-state index in [9.17, 15) is 9.90 Å². The molecule has 0 spiro atoms. The van der Waals surface area contributed by atoms with E-state index in [1.807, 2.05) is 42.5 Å². The first-order valence-corrected chi connectivity index (χ1v) is 9.79. The summed E-state index contributed by atoms with van der Waals surface area (Å²) < 4.78 is 0. The lowest BCUT2D eigenvalue weighted by atomic mass is 10.0. The zero-order chi connectivity index (χ0) is 20.4. The molecule has 6 nitrogen and oxygen atoms in total. The molecule has 6 heteroatoms. The van der Waals surface area contributed by atoms with E-state index < -0.39 is 18.2 Å². The average Bonchev–Trinajstić information content (AvgIpc) is 2.69. The van der Waals surface area contributed by atoms with Gasteiger partial charge in [-0.05, 0) is 43.5 Å². The van der Waals surface area contributed by atoms with Crippen LogP contribution in [0, 0.1) is 0 Å². The minimum Gasteiger partial charge on any atom is -0.465 e. The number of nitrogens with one attached hydrogen (secondary N) is 2. The second-order valence-corrected chi connectivity index (χ2v) is 6.79. The minimum atomic E-state index is -1.13. The highest BCUT2D eigenvalue weighted by molar-refractivity contribution is 5.65. The fourth-order valence-electron chi connectivity index (χ4n) is 3.27. The summed E-state index contributed by atoms with van der Waals surface area (Å²) in [5.74, 6) is 0. The first-order chi connectivity index (χ1) is 13.5. The lowest BCUT2D eigenvalue weighted by Crippen LogP contribution is -2.48. The van der Waals surface area contributed by atoms with Crippen LogP contribution in [-0.2, 0) is 13.0 Å². The molecule has 0 fully saturated rings. The van der Waals surface area contributed by atoms with Crippen molar-refractivity contribution in [3.8, 4) is 0 Å². The quantitative estimate of drug-likeness (QED) is 0.478. The molecule has 0 saturated heterocycles. The van der Waals surface area contributed by atoms with Gasteiger partial charge in [0, 0.05) is 31.9 Å². The number of benzene rings is 2. The summed E-state index contributed by atoms with van der Waals surface area (Å²) in [7, 11) is 0. The Labute approximate surface area is 167 Å². The molecule has 0 aliphatic heterocycles. The number of carbonyl (C=O) groups is 1. The van der Waals surface area contributed by atoms with Gasteiger partial charge < -0.3 is 25.7 Å². The first kappa shape index (κ1) is 21.7. The highest BCUT2D eigenvalue weighted by atomic mass is 16.4. The van der Waals surface area contributed by atoms with E-state index in [1.165, 1.54) is 5.69 Å². The number of rotatable bonds is 11. The van der Waals surface area contributed by atoms with Crippen molar-refractivity contribution in [2.45, 2.75) is 39.0 Å².